The average molecular weight is 213 g/mol. The van der Waals surface area contributed by atoms with Gasteiger partial charge in [0, 0.05) is 30.7 Å². The Balaban J connectivity index is 2.68. The van der Waals surface area contributed by atoms with Crippen molar-refractivity contribution in [2.24, 2.45) is 5.73 Å². The van der Waals surface area contributed by atoms with E-state index in [0.29, 0.717) is 18.6 Å². The lowest BCUT2D eigenvalue weighted by Gasteiger charge is -2.30. The van der Waals surface area contributed by atoms with Crippen molar-refractivity contribution < 1.29 is 0 Å². The molecule has 0 saturated heterocycles. The normalized spacial score (nSPS) is 13.9. The minimum Gasteiger partial charge on any atom is -0.329 e. The average Bonchev–Trinajstić information content (AvgIpc) is 2.65. The Kier molecular flexibility index (Phi) is 4.51. The number of hydrogen-bond acceptors (Lipinski definition) is 4. The van der Waals surface area contributed by atoms with E-state index in [2.05, 4.69) is 30.7 Å². The zero-order valence-corrected chi connectivity index (χ0v) is 9.92. The van der Waals surface area contributed by atoms with E-state index in [0.717, 1.165) is 6.54 Å². The topological polar surface area (TPSA) is 42.1 Å². The highest BCUT2D eigenvalue weighted by molar-refractivity contribution is 7.09. The molecular formula is C10H19N3S. The minimum atomic E-state index is 0.374. The van der Waals surface area contributed by atoms with Gasteiger partial charge >= 0.3 is 0 Å². The smallest absolute Gasteiger partial charge is 0.109 e. The van der Waals surface area contributed by atoms with E-state index < -0.39 is 0 Å². The third-order valence-electron chi connectivity index (χ3n) is 2.36. The number of hydrogen-bond donors (Lipinski definition) is 1. The Morgan fingerprint density at radius 2 is 2.21 bits per heavy atom. The van der Waals surface area contributed by atoms with Crippen LogP contribution >= 0.6 is 11.3 Å². The van der Waals surface area contributed by atoms with Crippen molar-refractivity contribution in [1.82, 2.24) is 9.88 Å². The van der Waals surface area contributed by atoms with Crippen LogP contribution < -0.4 is 5.73 Å². The molecule has 0 radical (unpaired) electrons. The third-order valence-corrected chi connectivity index (χ3v) is 3.30. The van der Waals surface area contributed by atoms with Gasteiger partial charge in [-0.1, -0.05) is 0 Å². The van der Waals surface area contributed by atoms with Crippen molar-refractivity contribution in [1.29, 1.82) is 0 Å². The number of nitrogens with two attached hydrogens (primary N) is 1. The Hall–Kier alpha value is -0.450. The molecule has 0 aliphatic rings. The summed E-state index contributed by atoms with van der Waals surface area (Å²) in [4.78, 5) is 6.71. The molecule has 3 nitrogen and oxygen atoms in total. The quantitative estimate of drug-likeness (QED) is 0.812. The first-order chi connectivity index (χ1) is 6.66. The molecule has 14 heavy (non-hydrogen) atoms. The lowest BCUT2D eigenvalue weighted by atomic mass is 10.2. The van der Waals surface area contributed by atoms with E-state index >= 15 is 0 Å². The molecule has 0 saturated carbocycles. The standard InChI is InChI=1S/C10H19N3S/c1-8(2)13(6-4-11)9(3)10-12-5-7-14-10/h5,7-9H,4,6,11H2,1-3H3/t9-/m0/s1. The second-order valence-electron chi connectivity index (χ2n) is 3.67. The molecule has 1 atom stereocenters. The summed E-state index contributed by atoms with van der Waals surface area (Å²) in [5, 5.41) is 3.19. The molecule has 0 unspecified atom stereocenters. The van der Waals surface area contributed by atoms with Crippen LogP contribution in [0, 0.1) is 0 Å². The predicted octanol–water partition coefficient (Wildman–Crippen LogP) is 1.87. The summed E-state index contributed by atoms with van der Waals surface area (Å²) in [5.41, 5.74) is 5.60. The molecule has 0 aliphatic heterocycles. The molecule has 0 bridgehead atoms. The van der Waals surface area contributed by atoms with Gasteiger partial charge in [-0.25, -0.2) is 4.98 Å². The zero-order chi connectivity index (χ0) is 10.6. The molecule has 0 spiro atoms. The number of rotatable bonds is 5. The summed E-state index contributed by atoms with van der Waals surface area (Å²) in [6.45, 7) is 8.21. The molecule has 0 aromatic carbocycles. The van der Waals surface area contributed by atoms with Gasteiger partial charge in [-0.3, -0.25) is 4.90 Å². The van der Waals surface area contributed by atoms with E-state index in [1.807, 2.05) is 11.6 Å². The highest BCUT2D eigenvalue weighted by Gasteiger charge is 2.19. The van der Waals surface area contributed by atoms with Gasteiger partial charge in [-0.15, -0.1) is 11.3 Å². The number of nitrogens with zero attached hydrogens (tertiary/aromatic N) is 2. The van der Waals surface area contributed by atoms with Crippen LogP contribution in [0.2, 0.25) is 0 Å². The van der Waals surface area contributed by atoms with Crippen LogP contribution in [0.4, 0.5) is 0 Å². The van der Waals surface area contributed by atoms with Gasteiger partial charge in [0.2, 0.25) is 0 Å². The maximum Gasteiger partial charge on any atom is 0.109 e. The van der Waals surface area contributed by atoms with Crippen molar-refractivity contribution in [3.63, 3.8) is 0 Å². The second-order valence-corrected chi connectivity index (χ2v) is 4.59. The second kappa shape index (κ2) is 5.44. The highest BCUT2D eigenvalue weighted by Crippen LogP contribution is 2.23. The Bertz CT molecular complexity index is 246. The van der Waals surface area contributed by atoms with E-state index in [-0.39, 0.29) is 0 Å². The van der Waals surface area contributed by atoms with E-state index in [1.54, 1.807) is 11.3 Å². The molecule has 0 aliphatic carbocycles. The van der Waals surface area contributed by atoms with Gasteiger partial charge in [0.15, 0.2) is 0 Å². The van der Waals surface area contributed by atoms with Crippen molar-refractivity contribution in [3.05, 3.63) is 16.6 Å². The molecule has 1 aromatic heterocycles. The monoisotopic (exact) mass is 213 g/mol. The van der Waals surface area contributed by atoms with Crippen LogP contribution in [0.25, 0.3) is 0 Å². The summed E-state index contributed by atoms with van der Waals surface area (Å²) < 4.78 is 0. The van der Waals surface area contributed by atoms with Crippen LogP contribution in [0.15, 0.2) is 11.6 Å². The molecular weight excluding hydrogens is 194 g/mol. The van der Waals surface area contributed by atoms with Gasteiger partial charge in [0.25, 0.3) is 0 Å². The Labute approximate surface area is 89.9 Å². The van der Waals surface area contributed by atoms with Gasteiger partial charge in [-0.05, 0) is 20.8 Å². The van der Waals surface area contributed by atoms with Crippen LogP contribution in [0.5, 0.6) is 0 Å². The Morgan fingerprint density at radius 3 is 2.64 bits per heavy atom. The lowest BCUT2D eigenvalue weighted by molar-refractivity contribution is 0.169. The molecule has 0 fully saturated rings. The summed E-state index contributed by atoms with van der Waals surface area (Å²) >= 11 is 1.71. The van der Waals surface area contributed by atoms with Gasteiger partial charge in [0.05, 0.1) is 6.04 Å². The fourth-order valence-electron chi connectivity index (χ4n) is 1.63. The van der Waals surface area contributed by atoms with E-state index in [1.165, 1.54) is 5.01 Å². The molecule has 1 aromatic rings. The maximum absolute atomic E-state index is 5.60. The first-order valence-electron chi connectivity index (χ1n) is 5.02. The maximum atomic E-state index is 5.60. The molecule has 80 valence electrons. The lowest BCUT2D eigenvalue weighted by Crippen LogP contribution is -2.37. The van der Waals surface area contributed by atoms with Crippen LogP contribution in [-0.4, -0.2) is 29.0 Å². The fraction of sp³-hybridized carbons (Fsp3) is 0.700. The predicted molar refractivity (Wildman–Crippen MR) is 61.4 cm³/mol. The fourth-order valence-corrected chi connectivity index (χ4v) is 2.35. The van der Waals surface area contributed by atoms with E-state index in [9.17, 15) is 0 Å². The minimum absolute atomic E-state index is 0.374. The molecule has 2 N–H and O–H groups in total. The Morgan fingerprint density at radius 1 is 1.50 bits per heavy atom. The first kappa shape index (κ1) is 11.6. The molecule has 1 heterocycles. The number of aromatic nitrogens is 1. The largest absolute Gasteiger partial charge is 0.329 e. The molecule has 4 heteroatoms. The van der Waals surface area contributed by atoms with E-state index in [4.69, 9.17) is 5.73 Å². The van der Waals surface area contributed by atoms with Crippen LogP contribution in [-0.2, 0) is 0 Å². The SMILES string of the molecule is CC(C)N(CCN)[C@@H](C)c1nccs1. The first-order valence-corrected chi connectivity index (χ1v) is 5.90. The van der Waals surface area contributed by atoms with Crippen molar-refractivity contribution in [3.8, 4) is 0 Å². The van der Waals surface area contributed by atoms with Gasteiger partial charge in [0.1, 0.15) is 5.01 Å². The summed E-state index contributed by atoms with van der Waals surface area (Å²) in [6, 6.07) is 0.885. The summed E-state index contributed by atoms with van der Waals surface area (Å²) in [6.07, 6.45) is 1.86. The summed E-state index contributed by atoms with van der Waals surface area (Å²) in [5.74, 6) is 0. The van der Waals surface area contributed by atoms with Gasteiger partial charge < -0.3 is 5.73 Å². The third kappa shape index (κ3) is 2.77. The van der Waals surface area contributed by atoms with Crippen LogP contribution in [0.3, 0.4) is 0 Å². The highest BCUT2D eigenvalue weighted by atomic mass is 32.1. The van der Waals surface area contributed by atoms with Gasteiger partial charge in [-0.2, -0.15) is 0 Å². The molecule has 0 amide bonds. The number of thiazole rings is 1. The van der Waals surface area contributed by atoms with Crippen molar-refractivity contribution in [2.45, 2.75) is 32.9 Å². The van der Waals surface area contributed by atoms with Crippen molar-refractivity contribution in [2.75, 3.05) is 13.1 Å². The zero-order valence-electron chi connectivity index (χ0n) is 9.10. The van der Waals surface area contributed by atoms with Crippen molar-refractivity contribution >= 4 is 11.3 Å². The molecule has 1 rings (SSSR count). The van der Waals surface area contributed by atoms with Crippen LogP contribution in [0.1, 0.15) is 31.8 Å². The summed E-state index contributed by atoms with van der Waals surface area (Å²) in [7, 11) is 0.